The van der Waals surface area contributed by atoms with Gasteiger partial charge in [0.05, 0.1) is 4.90 Å². The molecule has 5 nitrogen and oxygen atoms in total. The maximum Gasteiger partial charge on any atom is 0.255 e. The lowest BCUT2D eigenvalue weighted by molar-refractivity contribution is 0.102. The number of thioether (sulfide) groups is 1. The number of rotatable bonds is 5. The van der Waals surface area contributed by atoms with Gasteiger partial charge in [-0.15, -0.1) is 0 Å². The molecule has 1 fully saturated rings. The lowest BCUT2D eigenvalue weighted by atomic mass is 10.1. The monoisotopic (exact) mass is 404 g/mol. The number of sulfone groups is 1. The molecule has 2 aromatic rings. The predicted octanol–water partition coefficient (Wildman–Crippen LogP) is 3.20. The molecule has 1 aliphatic rings. The molecule has 0 unspecified atom stereocenters. The van der Waals surface area contributed by atoms with Gasteiger partial charge in [0.25, 0.3) is 5.91 Å². The van der Waals surface area contributed by atoms with Gasteiger partial charge in [0.15, 0.2) is 9.84 Å². The highest BCUT2D eigenvalue weighted by Gasteiger charge is 2.14. The average Bonchev–Trinajstić information content (AvgIpc) is 2.64. The number of carbonyl (C=O) groups is 1. The van der Waals surface area contributed by atoms with Crippen LogP contribution in [0.3, 0.4) is 0 Å². The normalized spacial score (nSPS) is 15.5. The second-order valence-corrected chi connectivity index (χ2v) is 10.0. The van der Waals surface area contributed by atoms with Crippen molar-refractivity contribution in [3.05, 3.63) is 59.2 Å². The molecule has 1 amide bonds. The van der Waals surface area contributed by atoms with Crippen LogP contribution in [-0.2, 0) is 16.4 Å². The molecule has 0 radical (unpaired) electrons. The molecule has 0 aromatic heterocycles. The highest BCUT2D eigenvalue weighted by atomic mass is 32.2. The summed E-state index contributed by atoms with van der Waals surface area (Å²) in [5.74, 6) is 2.05. The molecule has 1 saturated heterocycles. The summed E-state index contributed by atoms with van der Waals surface area (Å²) in [5.41, 5.74) is 3.29. The molecule has 27 heavy (non-hydrogen) atoms. The molecular weight excluding hydrogens is 380 g/mol. The van der Waals surface area contributed by atoms with Crippen LogP contribution in [0, 0.1) is 6.92 Å². The lowest BCUT2D eigenvalue weighted by Gasteiger charge is -2.26. The number of amides is 1. The first-order valence-electron chi connectivity index (χ1n) is 8.84. The Morgan fingerprint density at radius 3 is 2.56 bits per heavy atom. The highest BCUT2D eigenvalue weighted by molar-refractivity contribution is 7.99. The number of hydrogen-bond donors (Lipinski definition) is 1. The number of nitrogens with one attached hydrogen (secondary N) is 1. The van der Waals surface area contributed by atoms with Crippen molar-refractivity contribution >= 4 is 33.2 Å². The number of nitrogens with zero attached hydrogens (tertiary/aromatic N) is 1. The number of anilines is 1. The van der Waals surface area contributed by atoms with Crippen molar-refractivity contribution in [3.8, 4) is 0 Å². The Morgan fingerprint density at radius 2 is 1.89 bits per heavy atom. The van der Waals surface area contributed by atoms with E-state index in [1.165, 1.54) is 29.2 Å². The zero-order chi connectivity index (χ0) is 19.4. The number of carbonyl (C=O) groups excluding carboxylic acids is 1. The van der Waals surface area contributed by atoms with Gasteiger partial charge in [-0.05, 0) is 42.3 Å². The Balaban J connectivity index is 1.71. The summed E-state index contributed by atoms with van der Waals surface area (Å²) in [6.07, 6.45) is 1.13. The van der Waals surface area contributed by atoms with E-state index in [0.29, 0.717) is 5.56 Å². The van der Waals surface area contributed by atoms with E-state index in [9.17, 15) is 13.2 Å². The Labute approximate surface area is 165 Å². The van der Waals surface area contributed by atoms with E-state index in [1.54, 1.807) is 12.1 Å². The molecule has 3 rings (SSSR count). The van der Waals surface area contributed by atoms with Gasteiger partial charge in [0, 0.05) is 48.6 Å². The van der Waals surface area contributed by atoms with Crippen molar-refractivity contribution in [2.24, 2.45) is 0 Å². The maximum atomic E-state index is 12.5. The first-order valence-corrected chi connectivity index (χ1v) is 11.9. The van der Waals surface area contributed by atoms with E-state index in [4.69, 9.17) is 0 Å². The van der Waals surface area contributed by atoms with Crippen molar-refractivity contribution in [1.29, 1.82) is 0 Å². The third-order valence-electron chi connectivity index (χ3n) is 4.57. The maximum absolute atomic E-state index is 12.5. The summed E-state index contributed by atoms with van der Waals surface area (Å²) < 4.78 is 23.4. The van der Waals surface area contributed by atoms with Gasteiger partial charge in [0.1, 0.15) is 0 Å². The summed E-state index contributed by atoms with van der Waals surface area (Å²) in [6.45, 7) is 5.11. The molecule has 0 aliphatic carbocycles. The Bertz CT molecular complexity index is 936. The zero-order valence-corrected chi connectivity index (χ0v) is 17.2. The van der Waals surface area contributed by atoms with Gasteiger partial charge in [0.2, 0.25) is 0 Å². The summed E-state index contributed by atoms with van der Waals surface area (Å²) in [5, 5.41) is 2.89. The van der Waals surface area contributed by atoms with Gasteiger partial charge in [-0.25, -0.2) is 8.42 Å². The fourth-order valence-corrected chi connectivity index (χ4v) is 4.69. The Morgan fingerprint density at radius 1 is 1.15 bits per heavy atom. The van der Waals surface area contributed by atoms with E-state index >= 15 is 0 Å². The zero-order valence-electron chi connectivity index (χ0n) is 15.6. The smallest absolute Gasteiger partial charge is 0.255 e. The summed E-state index contributed by atoms with van der Waals surface area (Å²) in [6, 6.07) is 12.2. The third-order valence-corrected chi connectivity index (χ3v) is 6.63. The molecule has 1 heterocycles. The van der Waals surface area contributed by atoms with Crippen molar-refractivity contribution in [2.75, 3.05) is 36.2 Å². The Hall–Kier alpha value is -1.83. The molecule has 0 spiro atoms. The second-order valence-electron chi connectivity index (χ2n) is 6.79. The molecule has 144 valence electrons. The van der Waals surface area contributed by atoms with Gasteiger partial charge in [-0.1, -0.05) is 18.2 Å². The van der Waals surface area contributed by atoms with Crippen molar-refractivity contribution in [1.82, 2.24) is 4.90 Å². The number of hydrogen-bond acceptors (Lipinski definition) is 5. The summed E-state index contributed by atoms with van der Waals surface area (Å²) in [7, 11) is -3.35. The second kappa shape index (κ2) is 8.46. The molecule has 2 aromatic carbocycles. The van der Waals surface area contributed by atoms with E-state index in [0.717, 1.165) is 37.1 Å². The van der Waals surface area contributed by atoms with Crippen molar-refractivity contribution < 1.29 is 13.2 Å². The van der Waals surface area contributed by atoms with Crippen LogP contribution >= 0.6 is 11.8 Å². The van der Waals surface area contributed by atoms with Gasteiger partial charge >= 0.3 is 0 Å². The molecule has 0 atom stereocenters. The molecule has 1 N–H and O–H groups in total. The van der Waals surface area contributed by atoms with Crippen molar-refractivity contribution in [2.45, 2.75) is 18.4 Å². The molecule has 0 bridgehead atoms. The van der Waals surface area contributed by atoms with Crippen LogP contribution in [0.25, 0.3) is 0 Å². The van der Waals surface area contributed by atoms with E-state index in [-0.39, 0.29) is 10.8 Å². The fraction of sp³-hybridized carbons (Fsp3) is 0.350. The highest BCUT2D eigenvalue weighted by Crippen LogP contribution is 2.20. The standard InChI is InChI=1S/C20H24N2O3S2/c1-15-12-16(14-22-8-10-26-11-9-22)6-7-19(15)21-20(23)17-4-3-5-18(13-17)27(2,24)25/h3-7,12-13H,8-11,14H2,1-2H3,(H,21,23). The summed E-state index contributed by atoms with van der Waals surface area (Å²) in [4.78, 5) is 15.1. The molecule has 0 saturated carbocycles. The summed E-state index contributed by atoms with van der Waals surface area (Å²) >= 11 is 2.00. The van der Waals surface area contributed by atoms with Crippen LogP contribution in [0.2, 0.25) is 0 Å². The van der Waals surface area contributed by atoms with Gasteiger partial charge < -0.3 is 5.32 Å². The van der Waals surface area contributed by atoms with E-state index < -0.39 is 9.84 Å². The van der Waals surface area contributed by atoms with E-state index in [2.05, 4.69) is 16.3 Å². The predicted molar refractivity (Wildman–Crippen MR) is 111 cm³/mol. The average molecular weight is 405 g/mol. The topological polar surface area (TPSA) is 66.5 Å². The van der Waals surface area contributed by atoms with Crippen LogP contribution in [0.5, 0.6) is 0 Å². The number of benzene rings is 2. The number of aryl methyl sites for hydroxylation is 1. The van der Waals surface area contributed by atoms with E-state index in [1.807, 2.05) is 30.8 Å². The van der Waals surface area contributed by atoms with Crippen molar-refractivity contribution in [3.63, 3.8) is 0 Å². The lowest BCUT2D eigenvalue weighted by Crippen LogP contribution is -2.31. The minimum Gasteiger partial charge on any atom is -0.322 e. The quantitative estimate of drug-likeness (QED) is 0.829. The van der Waals surface area contributed by atoms with Crippen LogP contribution < -0.4 is 5.32 Å². The molecular formula is C20H24N2O3S2. The minimum absolute atomic E-state index is 0.141. The van der Waals surface area contributed by atoms with Gasteiger partial charge in [-0.2, -0.15) is 11.8 Å². The third kappa shape index (κ3) is 5.34. The van der Waals surface area contributed by atoms with Crippen LogP contribution in [0.1, 0.15) is 21.5 Å². The first-order chi connectivity index (χ1) is 12.8. The fourth-order valence-electron chi connectivity index (χ4n) is 3.04. The largest absolute Gasteiger partial charge is 0.322 e. The Kier molecular flexibility index (Phi) is 6.24. The SMILES string of the molecule is Cc1cc(CN2CCSCC2)ccc1NC(=O)c1cccc(S(C)(=O)=O)c1. The first kappa shape index (κ1) is 19.9. The minimum atomic E-state index is -3.35. The van der Waals surface area contributed by atoms with Crippen LogP contribution in [0.15, 0.2) is 47.4 Å². The molecule has 1 aliphatic heterocycles. The van der Waals surface area contributed by atoms with Crippen LogP contribution in [-0.4, -0.2) is 50.1 Å². The van der Waals surface area contributed by atoms with Crippen LogP contribution in [0.4, 0.5) is 5.69 Å². The van der Waals surface area contributed by atoms with Gasteiger partial charge in [-0.3, -0.25) is 9.69 Å². The molecule has 7 heteroatoms.